The van der Waals surface area contributed by atoms with Crippen LogP contribution in [0.15, 0.2) is 29.3 Å². The summed E-state index contributed by atoms with van der Waals surface area (Å²) in [6, 6.07) is 7.58. The van der Waals surface area contributed by atoms with E-state index in [-0.39, 0.29) is 24.0 Å². The van der Waals surface area contributed by atoms with Crippen LogP contribution >= 0.6 is 35.6 Å². The zero-order valence-electron chi connectivity index (χ0n) is 13.3. The van der Waals surface area contributed by atoms with Crippen molar-refractivity contribution in [2.45, 2.75) is 19.9 Å². The number of benzene rings is 1. The van der Waals surface area contributed by atoms with Gasteiger partial charge in [0, 0.05) is 24.7 Å². The predicted octanol–water partition coefficient (Wildman–Crippen LogP) is 1.95. The maximum Gasteiger partial charge on any atom is 0.208 e. The SMILES string of the molecule is CCNC(=NCc1ccccc1Cl)NCCCNS(C)(=O)=O.I. The summed E-state index contributed by atoms with van der Waals surface area (Å²) in [6.07, 6.45) is 1.82. The van der Waals surface area contributed by atoms with Crippen LogP contribution in [0.1, 0.15) is 18.9 Å². The first-order chi connectivity index (χ1) is 10.4. The predicted molar refractivity (Wildman–Crippen MR) is 107 cm³/mol. The number of sulfonamides is 1. The van der Waals surface area contributed by atoms with Crippen molar-refractivity contribution in [3.63, 3.8) is 0 Å². The molecule has 1 rings (SSSR count). The number of hydrogen-bond donors (Lipinski definition) is 3. The fourth-order valence-electron chi connectivity index (χ4n) is 1.69. The van der Waals surface area contributed by atoms with E-state index < -0.39 is 10.0 Å². The molecule has 0 aliphatic heterocycles. The van der Waals surface area contributed by atoms with Crippen molar-refractivity contribution in [1.29, 1.82) is 0 Å². The summed E-state index contributed by atoms with van der Waals surface area (Å²) < 4.78 is 24.3. The standard InChI is InChI=1S/C14H23ClN4O2S.HI/c1-3-16-14(17-9-6-10-19-22(2,20)21)18-11-12-7-4-5-8-13(12)15;/h4-5,7-8,19H,3,6,9-11H2,1-2H3,(H2,16,17,18);1H. The Bertz CT molecular complexity index is 596. The maximum absolute atomic E-state index is 10.9. The third kappa shape index (κ3) is 10.7. The third-order valence-corrected chi connectivity index (χ3v) is 3.82. The molecule has 23 heavy (non-hydrogen) atoms. The Balaban J connectivity index is 0.00000484. The summed E-state index contributed by atoms with van der Waals surface area (Å²) in [7, 11) is -3.12. The zero-order valence-corrected chi connectivity index (χ0v) is 17.2. The minimum atomic E-state index is -3.12. The second-order valence-electron chi connectivity index (χ2n) is 4.73. The molecule has 0 saturated heterocycles. The number of rotatable bonds is 8. The zero-order chi connectivity index (χ0) is 16.4. The average Bonchev–Trinajstić information content (AvgIpc) is 2.44. The van der Waals surface area contributed by atoms with Crippen molar-refractivity contribution in [2.24, 2.45) is 4.99 Å². The van der Waals surface area contributed by atoms with E-state index in [0.29, 0.717) is 37.0 Å². The molecule has 0 fully saturated rings. The van der Waals surface area contributed by atoms with E-state index >= 15 is 0 Å². The molecule has 6 nitrogen and oxygen atoms in total. The molecule has 0 spiro atoms. The highest BCUT2D eigenvalue weighted by Gasteiger charge is 2.01. The van der Waals surface area contributed by atoms with Gasteiger partial charge in [-0.05, 0) is 25.0 Å². The quantitative estimate of drug-likeness (QED) is 0.233. The van der Waals surface area contributed by atoms with Gasteiger partial charge in [0.1, 0.15) is 0 Å². The van der Waals surface area contributed by atoms with Gasteiger partial charge in [-0.1, -0.05) is 29.8 Å². The van der Waals surface area contributed by atoms with Gasteiger partial charge < -0.3 is 10.6 Å². The van der Waals surface area contributed by atoms with Gasteiger partial charge in [-0.25, -0.2) is 18.1 Å². The lowest BCUT2D eigenvalue weighted by Gasteiger charge is -2.11. The molecule has 1 aromatic rings. The van der Waals surface area contributed by atoms with E-state index in [2.05, 4.69) is 20.3 Å². The molecule has 132 valence electrons. The Kier molecular flexibility index (Phi) is 11.6. The first kappa shape index (κ1) is 22.4. The fraction of sp³-hybridized carbons (Fsp3) is 0.500. The van der Waals surface area contributed by atoms with Crippen molar-refractivity contribution in [3.8, 4) is 0 Å². The molecule has 3 N–H and O–H groups in total. The van der Waals surface area contributed by atoms with Crippen molar-refractivity contribution >= 4 is 51.6 Å². The van der Waals surface area contributed by atoms with Crippen LogP contribution in [-0.2, 0) is 16.6 Å². The molecule has 0 aromatic heterocycles. The summed E-state index contributed by atoms with van der Waals surface area (Å²) in [6.45, 7) is 4.23. The fourth-order valence-corrected chi connectivity index (χ4v) is 2.40. The topological polar surface area (TPSA) is 82.6 Å². The lowest BCUT2D eigenvalue weighted by Crippen LogP contribution is -2.38. The highest BCUT2D eigenvalue weighted by atomic mass is 127. The van der Waals surface area contributed by atoms with Gasteiger partial charge in [-0.15, -0.1) is 24.0 Å². The normalized spacial score (nSPS) is 11.7. The second kappa shape index (κ2) is 11.9. The molecule has 9 heteroatoms. The van der Waals surface area contributed by atoms with Crippen LogP contribution in [0.3, 0.4) is 0 Å². The number of nitrogens with zero attached hydrogens (tertiary/aromatic N) is 1. The summed E-state index contributed by atoms with van der Waals surface area (Å²) >= 11 is 6.10. The lowest BCUT2D eigenvalue weighted by atomic mass is 10.2. The lowest BCUT2D eigenvalue weighted by molar-refractivity contribution is 0.584. The summed E-state index contributed by atoms with van der Waals surface area (Å²) in [5, 5.41) is 6.99. The molecule has 0 aliphatic carbocycles. The minimum absolute atomic E-state index is 0. The molecule has 0 bridgehead atoms. The summed E-state index contributed by atoms with van der Waals surface area (Å²) in [5.74, 6) is 0.682. The largest absolute Gasteiger partial charge is 0.357 e. The van der Waals surface area contributed by atoms with E-state index in [1.807, 2.05) is 31.2 Å². The van der Waals surface area contributed by atoms with Gasteiger partial charge in [0.05, 0.1) is 12.8 Å². The molecular weight excluding hydrogens is 451 g/mol. The van der Waals surface area contributed by atoms with Crippen LogP contribution in [0.25, 0.3) is 0 Å². The first-order valence-electron chi connectivity index (χ1n) is 7.12. The molecule has 0 atom stereocenters. The van der Waals surface area contributed by atoms with Crippen LogP contribution in [0.2, 0.25) is 5.02 Å². The highest BCUT2D eigenvalue weighted by molar-refractivity contribution is 14.0. The van der Waals surface area contributed by atoms with E-state index in [4.69, 9.17) is 11.6 Å². The Morgan fingerprint density at radius 1 is 1.22 bits per heavy atom. The van der Waals surface area contributed by atoms with Crippen molar-refractivity contribution < 1.29 is 8.42 Å². The number of hydrogen-bond acceptors (Lipinski definition) is 3. The van der Waals surface area contributed by atoms with Crippen LogP contribution in [0.5, 0.6) is 0 Å². The van der Waals surface area contributed by atoms with Gasteiger partial charge in [0.2, 0.25) is 10.0 Å². The average molecular weight is 475 g/mol. The van der Waals surface area contributed by atoms with Crippen LogP contribution in [-0.4, -0.2) is 40.3 Å². The minimum Gasteiger partial charge on any atom is -0.357 e. The summed E-state index contributed by atoms with van der Waals surface area (Å²) in [4.78, 5) is 4.46. The molecule has 1 aromatic carbocycles. The molecule has 0 unspecified atom stereocenters. The van der Waals surface area contributed by atoms with Crippen molar-refractivity contribution in [3.05, 3.63) is 34.9 Å². The number of aliphatic imine (C=N–C) groups is 1. The Hall–Kier alpha value is -0.580. The highest BCUT2D eigenvalue weighted by Crippen LogP contribution is 2.15. The maximum atomic E-state index is 10.9. The molecule has 0 aliphatic rings. The number of guanidine groups is 1. The number of nitrogens with one attached hydrogen (secondary N) is 3. The van der Waals surface area contributed by atoms with E-state index in [1.54, 1.807) is 0 Å². The third-order valence-electron chi connectivity index (χ3n) is 2.72. The van der Waals surface area contributed by atoms with Crippen LogP contribution < -0.4 is 15.4 Å². The monoisotopic (exact) mass is 474 g/mol. The molecule has 0 radical (unpaired) electrons. The van der Waals surface area contributed by atoms with Crippen molar-refractivity contribution in [2.75, 3.05) is 25.9 Å². The van der Waals surface area contributed by atoms with Crippen molar-refractivity contribution in [1.82, 2.24) is 15.4 Å². The van der Waals surface area contributed by atoms with E-state index in [1.165, 1.54) is 0 Å². The number of halogens is 2. The Labute approximate surface area is 160 Å². The second-order valence-corrected chi connectivity index (χ2v) is 6.97. The van der Waals surface area contributed by atoms with Gasteiger partial charge in [0.15, 0.2) is 5.96 Å². The molecule has 0 heterocycles. The summed E-state index contributed by atoms with van der Waals surface area (Å²) in [5.41, 5.74) is 0.958. The Morgan fingerprint density at radius 3 is 2.52 bits per heavy atom. The first-order valence-corrected chi connectivity index (χ1v) is 9.39. The molecule has 0 saturated carbocycles. The van der Waals surface area contributed by atoms with Crippen LogP contribution in [0.4, 0.5) is 0 Å². The van der Waals surface area contributed by atoms with Crippen LogP contribution in [0, 0.1) is 0 Å². The molecule has 0 amide bonds. The van der Waals surface area contributed by atoms with E-state index in [0.717, 1.165) is 18.4 Å². The smallest absolute Gasteiger partial charge is 0.208 e. The van der Waals surface area contributed by atoms with Gasteiger partial charge in [-0.3, -0.25) is 0 Å². The Morgan fingerprint density at radius 2 is 1.91 bits per heavy atom. The van der Waals surface area contributed by atoms with E-state index in [9.17, 15) is 8.42 Å². The van der Waals surface area contributed by atoms with Gasteiger partial charge >= 0.3 is 0 Å². The van der Waals surface area contributed by atoms with Gasteiger partial charge in [-0.2, -0.15) is 0 Å². The van der Waals surface area contributed by atoms with Gasteiger partial charge in [0.25, 0.3) is 0 Å². The molecular formula is C14H24ClIN4O2S.